The van der Waals surface area contributed by atoms with Gasteiger partial charge in [0.2, 0.25) is 5.91 Å². The molecule has 0 spiro atoms. The van der Waals surface area contributed by atoms with Crippen LogP contribution < -0.4 is 10.6 Å². The number of alkyl carbamates (subject to hydrolysis) is 1. The van der Waals surface area contributed by atoms with E-state index in [9.17, 15) is 19.5 Å². The number of rotatable bonds is 9. The minimum absolute atomic E-state index is 0.00685. The maximum absolute atomic E-state index is 12.8. The summed E-state index contributed by atoms with van der Waals surface area (Å²) in [5, 5.41) is 14.9. The first-order chi connectivity index (χ1) is 17.0. The number of hydrogen-bond acceptors (Lipinski definition) is 4. The Hall–Kier alpha value is -3.35. The predicted molar refractivity (Wildman–Crippen MR) is 133 cm³/mol. The van der Waals surface area contributed by atoms with Crippen LogP contribution in [0, 0.1) is 5.92 Å². The average Bonchev–Trinajstić information content (AvgIpc) is 3.17. The molecule has 0 bridgehead atoms. The number of nitrogens with one attached hydrogen (secondary N) is 2. The van der Waals surface area contributed by atoms with Crippen molar-refractivity contribution >= 4 is 18.0 Å². The van der Waals surface area contributed by atoms with Gasteiger partial charge >= 0.3 is 12.1 Å². The van der Waals surface area contributed by atoms with Gasteiger partial charge in [0, 0.05) is 18.4 Å². The SMILES string of the molecule is CCC[C@H](NC(=O)C[C@@H]1CCCC[C@@H]1NC(=O)OCC1c2ccccc2-c2ccccc21)C(=O)O. The van der Waals surface area contributed by atoms with Crippen LogP contribution >= 0.6 is 0 Å². The summed E-state index contributed by atoms with van der Waals surface area (Å²) < 4.78 is 5.70. The molecule has 3 N–H and O–H groups in total. The van der Waals surface area contributed by atoms with Gasteiger partial charge < -0.3 is 20.5 Å². The fourth-order valence-corrected chi connectivity index (χ4v) is 5.47. The van der Waals surface area contributed by atoms with Crippen molar-refractivity contribution in [3.63, 3.8) is 0 Å². The quantitative estimate of drug-likeness (QED) is 0.478. The van der Waals surface area contributed by atoms with E-state index in [0.29, 0.717) is 12.8 Å². The van der Waals surface area contributed by atoms with E-state index >= 15 is 0 Å². The Morgan fingerprint density at radius 3 is 2.26 bits per heavy atom. The molecule has 2 aromatic carbocycles. The maximum Gasteiger partial charge on any atom is 0.407 e. The first-order valence-corrected chi connectivity index (χ1v) is 12.6. The number of aliphatic carboxylic acids is 1. The Morgan fingerprint density at radius 1 is 1.00 bits per heavy atom. The second-order valence-electron chi connectivity index (χ2n) is 9.57. The number of carboxylic acid groups (broad SMARTS) is 1. The summed E-state index contributed by atoms with van der Waals surface area (Å²) in [6.07, 6.45) is 4.34. The van der Waals surface area contributed by atoms with Crippen molar-refractivity contribution in [2.75, 3.05) is 6.61 Å². The van der Waals surface area contributed by atoms with Gasteiger partial charge in [-0.05, 0) is 47.4 Å². The molecule has 7 heteroatoms. The van der Waals surface area contributed by atoms with Gasteiger partial charge in [0.15, 0.2) is 0 Å². The standard InChI is InChI=1S/C28H34N2O5/c1-2-9-25(27(32)33)29-26(31)16-18-10-3-8-15-24(18)30-28(34)35-17-23-21-13-6-4-11-19(21)20-12-5-7-14-22(20)23/h4-7,11-14,18,23-25H,2-3,8-10,15-17H2,1H3,(H,29,31)(H,30,34)(H,32,33)/t18-,24-,25-/m0/s1. The molecule has 0 saturated heterocycles. The molecule has 2 amide bonds. The Morgan fingerprint density at radius 2 is 1.63 bits per heavy atom. The van der Waals surface area contributed by atoms with Crippen LogP contribution in [0.3, 0.4) is 0 Å². The normalized spacial score (nSPS) is 19.8. The van der Waals surface area contributed by atoms with E-state index in [1.54, 1.807) is 0 Å². The van der Waals surface area contributed by atoms with Gasteiger partial charge in [-0.1, -0.05) is 74.7 Å². The molecule has 0 unspecified atom stereocenters. The number of fused-ring (bicyclic) bond motifs is 3. The van der Waals surface area contributed by atoms with Crippen LogP contribution in [0.5, 0.6) is 0 Å². The molecule has 0 aliphatic heterocycles. The van der Waals surface area contributed by atoms with E-state index in [2.05, 4.69) is 34.9 Å². The van der Waals surface area contributed by atoms with Gasteiger partial charge in [-0.2, -0.15) is 0 Å². The van der Waals surface area contributed by atoms with Crippen LogP contribution in [0.25, 0.3) is 11.1 Å². The topological polar surface area (TPSA) is 105 Å². The van der Waals surface area contributed by atoms with Gasteiger partial charge in [-0.25, -0.2) is 9.59 Å². The third-order valence-electron chi connectivity index (χ3n) is 7.21. The minimum Gasteiger partial charge on any atom is -0.480 e. The van der Waals surface area contributed by atoms with Crippen LogP contribution in [-0.2, 0) is 14.3 Å². The third-order valence-corrected chi connectivity index (χ3v) is 7.21. The lowest BCUT2D eigenvalue weighted by molar-refractivity contribution is -0.142. The molecule has 0 aromatic heterocycles. The molecule has 1 fully saturated rings. The summed E-state index contributed by atoms with van der Waals surface area (Å²) in [6, 6.07) is 15.4. The molecule has 3 atom stereocenters. The van der Waals surface area contributed by atoms with Crippen LogP contribution in [0.4, 0.5) is 4.79 Å². The number of carboxylic acids is 1. The van der Waals surface area contributed by atoms with E-state index in [1.165, 1.54) is 11.1 Å². The smallest absolute Gasteiger partial charge is 0.407 e. The molecule has 0 radical (unpaired) electrons. The number of carbonyl (C=O) groups is 3. The summed E-state index contributed by atoms with van der Waals surface area (Å²) >= 11 is 0. The molecule has 4 rings (SSSR count). The van der Waals surface area contributed by atoms with Crippen molar-refractivity contribution in [2.24, 2.45) is 5.92 Å². The highest BCUT2D eigenvalue weighted by atomic mass is 16.5. The molecule has 35 heavy (non-hydrogen) atoms. The van der Waals surface area contributed by atoms with Crippen LogP contribution in [0.2, 0.25) is 0 Å². The zero-order valence-corrected chi connectivity index (χ0v) is 20.2. The largest absolute Gasteiger partial charge is 0.480 e. The van der Waals surface area contributed by atoms with Crippen molar-refractivity contribution in [3.05, 3.63) is 59.7 Å². The number of carbonyl (C=O) groups excluding carboxylic acids is 2. The Labute approximate surface area is 206 Å². The highest BCUT2D eigenvalue weighted by Crippen LogP contribution is 2.44. The molecule has 186 valence electrons. The molecule has 1 saturated carbocycles. The van der Waals surface area contributed by atoms with Crippen molar-refractivity contribution < 1.29 is 24.2 Å². The molecular weight excluding hydrogens is 444 g/mol. The van der Waals surface area contributed by atoms with Crippen LogP contribution in [-0.4, -0.2) is 41.8 Å². The Bertz CT molecular complexity index is 1020. The number of ether oxygens (including phenoxy) is 1. The van der Waals surface area contributed by atoms with E-state index in [4.69, 9.17) is 4.74 Å². The summed E-state index contributed by atoms with van der Waals surface area (Å²) in [5.74, 6) is -1.35. The van der Waals surface area contributed by atoms with Gasteiger partial charge in [-0.15, -0.1) is 0 Å². The number of amides is 2. The number of benzene rings is 2. The molecule has 7 nitrogen and oxygen atoms in total. The summed E-state index contributed by atoms with van der Waals surface area (Å²) in [4.78, 5) is 36.7. The van der Waals surface area contributed by atoms with E-state index in [1.807, 2.05) is 31.2 Å². The van der Waals surface area contributed by atoms with E-state index in [-0.39, 0.29) is 36.8 Å². The second-order valence-corrected chi connectivity index (χ2v) is 9.57. The Kier molecular flexibility index (Phi) is 8.06. The molecule has 2 aromatic rings. The molecule has 0 heterocycles. The van der Waals surface area contributed by atoms with Crippen molar-refractivity contribution in [1.82, 2.24) is 10.6 Å². The maximum atomic E-state index is 12.8. The van der Waals surface area contributed by atoms with Crippen molar-refractivity contribution in [3.8, 4) is 11.1 Å². The first kappa shape index (κ1) is 24.8. The molecule has 2 aliphatic rings. The average molecular weight is 479 g/mol. The highest BCUT2D eigenvalue weighted by Gasteiger charge is 2.32. The zero-order valence-electron chi connectivity index (χ0n) is 20.2. The lowest BCUT2D eigenvalue weighted by Crippen LogP contribution is -2.46. The van der Waals surface area contributed by atoms with Crippen LogP contribution in [0.15, 0.2) is 48.5 Å². The molecule has 2 aliphatic carbocycles. The minimum atomic E-state index is -1.02. The van der Waals surface area contributed by atoms with Gasteiger partial charge in [0.1, 0.15) is 12.6 Å². The molecular formula is C28H34N2O5. The first-order valence-electron chi connectivity index (χ1n) is 12.6. The zero-order chi connectivity index (χ0) is 24.8. The van der Waals surface area contributed by atoms with Gasteiger partial charge in [0.25, 0.3) is 0 Å². The summed E-state index contributed by atoms with van der Waals surface area (Å²) in [7, 11) is 0. The second kappa shape index (κ2) is 11.4. The summed E-state index contributed by atoms with van der Waals surface area (Å²) in [6.45, 7) is 2.13. The van der Waals surface area contributed by atoms with Crippen LogP contribution in [0.1, 0.15) is 68.9 Å². The summed E-state index contributed by atoms with van der Waals surface area (Å²) in [5.41, 5.74) is 4.68. The fourth-order valence-electron chi connectivity index (χ4n) is 5.47. The van der Waals surface area contributed by atoms with E-state index in [0.717, 1.165) is 36.8 Å². The number of hydrogen-bond donors (Lipinski definition) is 3. The third kappa shape index (κ3) is 5.84. The fraction of sp³-hybridized carbons (Fsp3) is 0.464. The predicted octanol–water partition coefficient (Wildman–Crippen LogP) is 4.84. The van der Waals surface area contributed by atoms with E-state index < -0.39 is 18.1 Å². The Balaban J connectivity index is 1.34. The van der Waals surface area contributed by atoms with Gasteiger partial charge in [-0.3, -0.25) is 4.79 Å². The van der Waals surface area contributed by atoms with Crippen molar-refractivity contribution in [1.29, 1.82) is 0 Å². The van der Waals surface area contributed by atoms with Crippen molar-refractivity contribution in [2.45, 2.75) is 69.9 Å². The lowest BCUT2D eigenvalue weighted by Gasteiger charge is -2.32. The highest BCUT2D eigenvalue weighted by molar-refractivity contribution is 5.83. The monoisotopic (exact) mass is 478 g/mol. The lowest BCUT2D eigenvalue weighted by atomic mass is 9.82. The van der Waals surface area contributed by atoms with Gasteiger partial charge in [0.05, 0.1) is 0 Å².